The number of anilines is 1. The summed E-state index contributed by atoms with van der Waals surface area (Å²) in [5.41, 5.74) is 9.09. The lowest BCUT2D eigenvalue weighted by molar-refractivity contribution is -0.115. The van der Waals surface area contributed by atoms with Gasteiger partial charge in [0.15, 0.2) is 0 Å². The van der Waals surface area contributed by atoms with Crippen molar-refractivity contribution in [2.24, 2.45) is 5.73 Å². The molecule has 164 valence electrons. The monoisotopic (exact) mass is 458 g/mol. The summed E-state index contributed by atoms with van der Waals surface area (Å²) in [6.07, 6.45) is 3.19. The van der Waals surface area contributed by atoms with Crippen molar-refractivity contribution in [3.63, 3.8) is 0 Å². The minimum atomic E-state index is -0.406. The molecule has 0 spiro atoms. The molecule has 1 aromatic carbocycles. The largest absolute Gasteiger partial charge is 0.369 e. The maximum absolute atomic E-state index is 12.5. The summed E-state index contributed by atoms with van der Waals surface area (Å²) in [6, 6.07) is 7.31. The predicted molar refractivity (Wildman–Crippen MR) is 125 cm³/mol. The summed E-state index contributed by atoms with van der Waals surface area (Å²) in [4.78, 5) is 33.4. The molecular weight excluding hydrogens is 432 g/mol. The van der Waals surface area contributed by atoms with Crippen LogP contribution in [-0.2, 0) is 16.0 Å². The van der Waals surface area contributed by atoms with Crippen LogP contribution in [0.4, 0.5) is 5.69 Å². The third kappa shape index (κ3) is 5.98. The number of aryl methyl sites for hydroxylation is 2. The molecule has 0 saturated heterocycles. The molecule has 8 nitrogen and oxygen atoms in total. The van der Waals surface area contributed by atoms with Gasteiger partial charge in [0, 0.05) is 16.3 Å². The van der Waals surface area contributed by atoms with E-state index in [4.69, 9.17) is 5.73 Å². The third-order valence-electron chi connectivity index (χ3n) is 4.67. The summed E-state index contributed by atoms with van der Waals surface area (Å²) in [5.74, 6) is 0.272. The lowest BCUT2D eigenvalue weighted by Gasteiger charge is -2.09. The first-order chi connectivity index (χ1) is 14.9. The van der Waals surface area contributed by atoms with E-state index in [1.165, 1.54) is 29.1 Å². The van der Waals surface area contributed by atoms with Gasteiger partial charge in [-0.15, -0.1) is 16.9 Å². The van der Waals surface area contributed by atoms with Crippen LogP contribution >= 0.6 is 23.5 Å². The fourth-order valence-corrected chi connectivity index (χ4v) is 4.49. The molecule has 0 aliphatic heterocycles. The summed E-state index contributed by atoms with van der Waals surface area (Å²) in [6.45, 7) is 6.20. The normalized spacial score (nSPS) is 11.1. The average molecular weight is 459 g/mol. The van der Waals surface area contributed by atoms with E-state index in [1.807, 2.05) is 32.0 Å². The van der Waals surface area contributed by atoms with Crippen molar-refractivity contribution in [2.75, 3.05) is 16.8 Å². The number of carbonyl (C=O) groups is 2. The molecular formula is C21H26N6O2S2. The number of aromatic nitrogens is 4. The van der Waals surface area contributed by atoms with Crippen molar-refractivity contribution in [2.45, 2.75) is 50.1 Å². The SMILES string of the molecule is CCCCc1c(C)nc2nc(SCC(=O)Nc3ccccc3SCC(N)=O)nn2c1C. The standard InChI is InChI=1S/C21H26N6O2S2/c1-4-5-8-15-13(2)23-20-25-21(26-27(20)14(15)3)31-12-19(29)24-16-9-6-7-10-17(16)30-11-18(22)28/h6-7,9-10H,4-5,8,11-12H2,1-3H3,(H2,22,28)(H,24,29). The number of benzene rings is 1. The highest BCUT2D eigenvalue weighted by Gasteiger charge is 2.15. The number of fused-ring (bicyclic) bond motifs is 1. The molecule has 0 fully saturated rings. The van der Waals surface area contributed by atoms with E-state index < -0.39 is 5.91 Å². The van der Waals surface area contributed by atoms with Crippen molar-refractivity contribution in [1.29, 1.82) is 0 Å². The number of hydrogen-bond acceptors (Lipinski definition) is 7. The Labute approximate surface area is 189 Å². The van der Waals surface area contributed by atoms with Gasteiger partial charge in [-0.25, -0.2) is 9.50 Å². The van der Waals surface area contributed by atoms with E-state index in [2.05, 4.69) is 27.3 Å². The maximum atomic E-state index is 12.5. The van der Waals surface area contributed by atoms with Crippen LogP contribution in [0.15, 0.2) is 34.3 Å². The summed E-state index contributed by atoms with van der Waals surface area (Å²) in [7, 11) is 0. The van der Waals surface area contributed by atoms with Gasteiger partial charge in [-0.1, -0.05) is 37.2 Å². The van der Waals surface area contributed by atoms with E-state index in [1.54, 1.807) is 10.6 Å². The lowest BCUT2D eigenvalue weighted by atomic mass is 10.1. The van der Waals surface area contributed by atoms with Crippen molar-refractivity contribution < 1.29 is 9.59 Å². The van der Waals surface area contributed by atoms with E-state index in [0.29, 0.717) is 16.6 Å². The molecule has 0 aliphatic carbocycles. The third-order valence-corrected chi connectivity index (χ3v) is 6.61. The van der Waals surface area contributed by atoms with Crippen molar-refractivity contribution >= 4 is 46.8 Å². The van der Waals surface area contributed by atoms with Gasteiger partial charge in [0.25, 0.3) is 5.78 Å². The number of unbranched alkanes of at least 4 members (excludes halogenated alkanes) is 1. The van der Waals surface area contributed by atoms with Crippen LogP contribution < -0.4 is 11.1 Å². The number of rotatable bonds is 10. The van der Waals surface area contributed by atoms with E-state index >= 15 is 0 Å². The molecule has 0 saturated carbocycles. The van der Waals surface area contributed by atoms with Crippen LogP contribution in [0.25, 0.3) is 5.78 Å². The number of nitrogens with zero attached hydrogens (tertiary/aromatic N) is 4. The number of nitrogens with one attached hydrogen (secondary N) is 1. The van der Waals surface area contributed by atoms with E-state index in [0.717, 1.165) is 35.5 Å². The van der Waals surface area contributed by atoms with Gasteiger partial charge in [0.05, 0.1) is 17.2 Å². The zero-order chi connectivity index (χ0) is 22.4. The molecule has 31 heavy (non-hydrogen) atoms. The fourth-order valence-electron chi connectivity index (χ4n) is 3.13. The molecule has 0 radical (unpaired) electrons. The second-order valence-corrected chi connectivity index (χ2v) is 9.02. The van der Waals surface area contributed by atoms with Gasteiger partial charge < -0.3 is 11.1 Å². The van der Waals surface area contributed by atoms with Gasteiger partial charge in [-0.2, -0.15) is 4.98 Å². The number of primary amides is 1. The Bertz CT molecular complexity index is 1100. The van der Waals surface area contributed by atoms with Crippen molar-refractivity contribution in [1.82, 2.24) is 19.6 Å². The van der Waals surface area contributed by atoms with E-state index in [-0.39, 0.29) is 17.4 Å². The highest BCUT2D eigenvalue weighted by Crippen LogP contribution is 2.27. The minimum absolute atomic E-state index is 0.152. The topological polar surface area (TPSA) is 115 Å². The van der Waals surface area contributed by atoms with Crippen LogP contribution in [0.2, 0.25) is 0 Å². The predicted octanol–water partition coefficient (Wildman–Crippen LogP) is 3.39. The number of hydrogen-bond donors (Lipinski definition) is 2. The Balaban J connectivity index is 1.67. The molecule has 0 aliphatic rings. The van der Waals surface area contributed by atoms with Gasteiger partial charge in [0.2, 0.25) is 17.0 Å². The van der Waals surface area contributed by atoms with Gasteiger partial charge in [0.1, 0.15) is 0 Å². The molecule has 0 unspecified atom stereocenters. The average Bonchev–Trinajstić information content (AvgIpc) is 3.14. The number of para-hydroxylation sites is 1. The first-order valence-corrected chi connectivity index (χ1v) is 12.0. The first-order valence-electron chi connectivity index (χ1n) is 10.0. The second-order valence-electron chi connectivity index (χ2n) is 7.06. The maximum Gasteiger partial charge on any atom is 0.253 e. The van der Waals surface area contributed by atoms with Crippen molar-refractivity contribution in [3.05, 3.63) is 41.2 Å². The van der Waals surface area contributed by atoms with Gasteiger partial charge in [-0.3, -0.25) is 9.59 Å². The number of amides is 2. The second kappa shape index (κ2) is 10.6. The number of thioether (sulfide) groups is 2. The molecule has 3 aromatic rings. The molecule has 2 heterocycles. The molecule has 3 N–H and O–H groups in total. The van der Waals surface area contributed by atoms with Gasteiger partial charge >= 0.3 is 0 Å². The zero-order valence-corrected chi connectivity index (χ0v) is 19.5. The summed E-state index contributed by atoms with van der Waals surface area (Å²) in [5, 5.41) is 7.93. The first kappa shape index (κ1) is 23.1. The van der Waals surface area contributed by atoms with Crippen LogP contribution in [0.3, 0.4) is 0 Å². The molecule has 3 rings (SSSR count). The highest BCUT2D eigenvalue weighted by molar-refractivity contribution is 8.00. The number of nitrogens with two attached hydrogens (primary N) is 1. The minimum Gasteiger partial charge on any atom is -0.369 e. The Morgan fingerprint density at radius 3 is 2.65 bits per heavy atom. The van der Waals surface area contributed by atoms with E-state index in [9.17, 15) is 9.59 Å². The molecule has 2 aromatic heterocycles. The Morgan fingerprint density at radius 1 is 1.13 bits per heavy atom. The lowest BCUT2D eigenvalue weighted by Crippen LogP contribution is -2.16. The Kier molecular flexibility index (Phi) is 7.91. The molecule has 0 atom stereocenters. The molecule has 0 bridgehead atoms. The van der Waals surface area contributed by atoms with Crippen LogP contribution in [-0.4, -0.2) is 42.9 Å². The summed E-state index contributed by atoms with van der Waals surface area (Å²) >= 11 is 2.55. The molecule has 2 amide bonds. The summed E-state index contributed by atoms with van der Waals surface area (Å²) < 4.78 is 1.76. The highest BCUT2D eigenvalue weighted by atomic mass is 32.2. The number of carbonyl (C=O) groups excluding carboxylic acids is 2. The molecule has 10 heteroatoms. The van der Waals surface area contributed by atoms with Gasteiger partial charge in [-0.05, 0) is 44.4 Å². The zero-order valence-electron chi connectivity index (χ0n) is 17.8. The van der Waals surface area contributed by atoms with Crippen LogP contribution in [0.1, 0.15) is 36.7 Å². The van der Waals surface area contributed by atoms with Crippen molar-refractivity contribution in [3.8, 4) is 0 Å². The Hall–Kier alpha value is -2.59. The Morgan fingerprint density at radius 2 is 1.90 bits per heavy atom. The smallest absolute Gasteiger partial charge is 0.253 e. The van der Waals surface area contributed by atoms with Crippen LogP contribution in [0.5, 0.6) is 0 Å². The fraction of sp³-hybridized carbons (Fsp3) is 0.381. The van der Waals surface area contributed by atoms with Crippen LogP contribution in [0, 0.1) is 13.8 Å². The quantitative estimate of drug-likeness (QED) is 0.447.